The second-order valence-electron chi connectivity index (χ2n) is 0.947. The maximum absolute atomic E-state index is 3.75. The lowest BCUT2D eigenvalue weighted by Gasteiger charge is -1.69. The summed E-state index contributed by atoms with van der Waals surface area (Å²) >= 11 is 0. The van der Waals surface area contributed by atoms with Crippen molar-refractivity contribution < 1.29 is 0 Å². The fraction of sp³-hybridized carbons (Fsp3) is 0. The number of hydrogen-bond donors (Lipinski definition) is 0. The molecule has 0 fully saturated rings. The first-order chi connectivity index (χ1) is 3.00. The van der Waals surface area contributed by atoms with E-state index in [0.717, 1.165) is 0 Å². The van der Waals surface area contributed by atoms with Crippen LogP contribution >= 0.6 is 0 Å². The molecule has 0 saturated heterocycles. The number of pyridine rings is 1. The Morgan fingerprint density at radius 3 is 2.83 bits per heavy atom. The molecule has 0 aromatic carbocycles. The van der Waals surface area contributed by atoms with Gasteiger partial charge < -0.3 is 0 Å². The van der Waals surface area contributed by atoms with Crippen LogP contribution in [0.1, 0.15) is 0 Å². The van der Waals surface area contributed by atoms with Gasteiger partial charge in [0.15, 0.2) is 0 Å². The van der Waals surface area contributed by atoms with Crippen molar-refractivity contribution in [3.63, 3.8) is 0 Å². The van der Waals surface area contributed by atoms with Gasteiger partial charge in [-0.1, -0.05) is 0 Å². The molecule has 1 nitrogen and oxygen atoms in total. The molecule has 0 amide bonds. The van der Waals surface area contributed by atoms with Crippen LogP contribution in [0.4, 0.5) is 0 Å². The van der Waals surface area contributed by atoms with Gasteiger partial charge in [-0.2, -0.15) is 0 Å². The average Bonchev–Trinajstić information content (AvgIpc) is 1.72. The van der Waals surface area contributed by atoms with Crippen molar-refractivity contribution in [3.8, 4) is 0 Å². The first-order valence-corrected chi connectivity index (χ1v) is 1.76. The van der Waals surface area contributed by atoms with E-state index in [4.69, 9.17) is 0 Å². The predicted octanol–water partition coefficient (Wildman–Crippen LogP) is 0.882. The topological polar surface area (TPSA) is 12.9 Å². The van der Waals surface area contributed by atoms with Gasteiger partial charge in [0.1, 0.15) is 0 Å². The molecule has 0 N–H and O–H groups in total. The second-order valence-corrected chi connectivity index (χ2v) is 0.947. The van der Waals surface area contributed by atoms with Crippen LogP contribution < -0.4 is 0 Å². The minimum atomic E-state index is 1.69. The maximum atomic E-state index is 3.75. The van der Waals surface area contributed by atoms with Crippen LogP contribution in [0.5, 0.6) is 0 Å². The van der Waals surface area contributed by atoms with Crippen LogP contribution in [-0.4, -0.2) is 4.98 Å². The highest BCUT2D eigenvalue weighted by atomic mass is 15.1. The molecular weight excluding hydrogens is 76.1 g/mol. The van der Waals surface area contributed by atoms with Gasteiger partial charge >= 0.3 is 0 Å². The summed E-state index contributed by atoms with van der Waals surface area (Å²) in [4.78, 5) is 3.75. The Morgan fingerprint density at radius 1 is 1.67 bits per heavy atom. The van der Waals surface area contributed by atoms with Crippen LogP contribution in [-0.2, 0) is 0 Å². The lowest BCUT2D eigenvalue weighted by molar-refractivity contribution is 1.33. The van der Waals surface area contributed by atoms with Gasteiger partial charge in [0, 0.05) is 12.4 Å². The minimum Gasteiger partial charge on any atom is -0.265 e. The zero-order valence-electron chi connectivity index (χ0n) is 3.26. The van der Waals surface area contributed by atoms with Gasteiger partial charge in [-0.15, -0.1) is 0 Å². The van der Waals surface area contributed by atoms with Crippen molar-refractivity contribution in [1.82, 2.24) is 4.98 Å². The van der Waals surface area contributed by atoms with Gasteiger partial charge in [-0.25, -0.2) is 0 Å². The molecule has 1 rings (SSSR count). The summed E-state index contributed by atoms with van der Waals surface area (Å²) in [7, 11) is 0. The molecule has 0 atom stereocenters. The molecule has 0 aliphatic rings. The fourth-order valence-electron chi connectivity index (χ4n) is 0.277. The maximum Gasteiger partial charge on any atom is 0.0273 e. The van der Waals surface area contributed by atoms with Gasteiger partial charge in [0.05, 0.1) is 0 Å². The first-order valence-electron chi connectivity index (χ1n) is 1.76. The van der Waals surface area contributed by atoms with E-state index in [1.807, 2.05) is 0 Å². The van der Waals surface area contributed by atoms with Crippen molar-refractivity contribution in [2.75, 3.05) is 0 Å². The number of hydrogen-bond acceptors (Lipinski definition) is 1. The van der Waals surface area contributed by atoms with E-state index in [9.17, 15) is 0 Å². The predicted molar refractivity (Wildman–Crippen MR) is 23.1 cm³/mol. The monoisotopic (exact) mass is 80.0 g/mol. The van der Waals surface area contributed by atoms with E-state index in [1.54, 1.807) is 24.5 Å². The molecule has 1 radical (unpaired) electrons. The largest absolute Gasteiger partial charge is 0.265 e. The Bertz CT molecular complexity index is 75.9. The van der Waals surface area contributed by atoms with Crippen LogP contribution in [0, 0.1) is 6.07 Å². The molecule has 0 aliphatic heterocycles. The molecule has 1 heteroatoms. The molecule has 1 aromatic rings. The van der Waals surface area contributed by atoms with Crippen LogP contribution in [0.15, 0.2) is 24.5 Å². The van der Waals surface area contributed by atoms with Gasteiger partial charge in [0.25, 0.3) is 0 Å². The van der Waals surface area contributed by atoms with Crippen LogP contribution in [0.3, 0.4) is 0 Å². The van der Waals surface area contributed by atoms with Crippen molar-refractivity contribution >= 4 is 0 Å². The van der Waals surface area contributed by atoms with Crippen molar-refractivity contribution in [3.05, 3.63) is 30.6 Å². The van der Waals surface area contributed by atoms with Gasteiger partial charge in [0.2, 0.25) is 0 Å². The second kappa shape index (κ2) is 1.55. The number of aromatic nitrogens is 1. The van der Waals surface area contributed by atoms with Crippen LogP contribution in [0.2, 0.25) is 0 Å². The zero-order valence-corrected chi connectivity index (χ0v) is 3.26. The smallest absolute Gasteiger partial charge is 0.0273 e. The Balaban J connectivity index is 3.00. The molecular formula is C5H4N. The Kier molecular flexibility index (Phi) is 0.865. The molecule has 0 unspecified atom stereocenters. The van der Waals surface area contributed by atoms with E-state index in [0.29, 0.717) is 0 Å². The normalized spacial score (nSPS) is 8.00. The zero-order chi connectivity index (χ0) is 4.24. The molecule has 0 saturated carbocycles. The lowest BCUT2D eigenvalue weighted by Crippen LogP contribution is -1.59. The van der Waals surface area contributed by atoms with Crippen molar-refractivity contribution in [1.29, 1.82) is 0 Å². The van der Waals surface area contributed by atoms with Crippen molar-refractivity contribution in [2.45, 2.75) is 0 Å². The molecule has 6 heavy (non-hydrogen) atoms. The van der Waals surface area contributed by atoms with E-state index < -0.39 is 0 Å². The van der Waals surface area contributed by atoms with Gasteiger partial charge in [-0.3, -0.25) is 4.98 Å². The van der Waals surface area contributed by atoms with Gasteiger partial charge in [-0.05, 0) is 18.2 Å². The third-order valence-corrected chi connectivity index (χ3v) is 0.514. The molecule has 0 aliphatic carbocycles. The summed E-state index contributed by atoms with van der Waals surface area (Å²) in [5.74, 6) is 0. The molecule has 0 bridgehead atoms. The molecule has 0 spiro atoms. The summed E-state index contributed by atoms with van der Waals surface area (Å²) < 4.78 is 0. The summed E-state index contributed by atoms with van der Waals surface area (Å²) in [6.45, 7) is 0. The van der Waals surface area contributed by atoms with E-state index >= 15 is 0 Å². The van der Waals surface area contributed by atoms with E-state index in [1.165, 1.54) is 0 Å². The third-order valence-electron chi connectivity index (χ3n) is 0.514. The fourth-order valence-corrected chi connectivity index (χ4v) is 0.277. The van der Waals surface area contributed by atoms with E-state index in [2.05, 4.69) is 11.1 Å². The summed E-state index contributed by atoms with van der Waals surface area (Å²) in [5.41, 5.74) is 0. The highest BCUT2D eigenvalue weighted by Gasteiger charge is 1.59. The highest BCUT2D eigenvalue weighted by Crippen LogP contribution is 1.72. The van der Waals surface area contributed by atoms with Crippen LogP contribution in [0.25, 0.3) is 0 Å². The SMILES string of the molecule is [c]1ccn[14cH]c1. The Labute approximate surface area is 36.7 Å². The Morgan fingerprint density at radius 2 is 2.67 bits per heavy atom. The summed E-state index contributed by atoms with van der Waals surface area (Å²) in [6, 6.07) is 6.36. The standard InChI is InChI=1S/C5H4N/c1-2-4-6-5-3-1/h2-5H/i4+2. The average molecular weight is 80.1 g/mol. The number of nitrogens with zero attached hydrogens (tertiary/aromatic N) is 1. The molecule has 1 heterocycles. The quantitative estimate of drug-likeness (QED) is 0.451. The van der Waals surface area contributed by atoms with E-state index in [-0.39, 0.29) is 0 Å². The first kappa shape index (κ1) is 3.34. The number of rotatable bonds is 0. The highest BCUT2D eigenvalue weighted by molar-refractivity contribution is 4.85. The summed E-state index contributed by atoms with van der Waals surface area (Å²) in [6.07, 6.45) is 3.39. The lowest BCUT2D eigenvalue weighted by atomic mass is 10.6. The third kappa shape index (κ3) is 0.549. The van der Waals surface area contributed by atoms with Crippen molar-refractivity contribution in [2.24, 2.45) is 0 Å². The molecule has 29 valence electrons. The molecule has 1 aromatic heterocycles. The summed E-state index contributed by atoms with van der Waals surface area (Å²) in [5, 5.41) is 0. The Hall–Kier alpha value is -0.850. The minimum absolute atomic E-state index is 1.69.